The van der Waals surface area contributed by atoms with Gasteiger partial charge in [-0.3, -0.25) is 4.99 Å². The van der Waals surface area contributed by atoms with E-state index < -0.39 is 0 Å². The Morgan fingerprint density at radius 3 is 3.06 bits per heavy atom. The van der Waals surface area contributed by atoms with Gasteiger partial charge >= 0.3 is 0 Å². The summed E-state index contributed by atoms with van der Waals surface area (Å²) in [6, 6.07) is 9.42. The van der Waals surface area contributed by atoms with E-state index in [1.165, 1.54) is 30.5 Å². The summed E-state index contributed by atoms with van der Waals surface area (Å²) in [7, 11) is 0. The van der Waals surface area contributed by atoms with Crippen molar-refractivity contribution in [1.29, 1.82) is 0 Å². The number of rotatable bonds is 2. The molecule has 1 aromatic rings. The number of benzene rings is 1. The molecule has 0 spiro atoms. The van der Waals surface area contributed by atoms with Crippen molar-refractivity contribution in [3.63, 3.8) is 0 Å². The van der Waals surface area contributed by atoms with Crippen molar-refractivity contribution in [2.75, 3.05) is 24.5 Å². The van der Waals surface area contributed by atoms with E-state index in [0.29, 0.717) is 6.04 Å². The van der Waals surface area contributed by atoms with E-state index in [2.05, 4.69) is 39.5 Å². The largest absolute Gasteiger partial charge is 0.331 e. The fourth-order valence-electron chi connectivity index (χ4n) is 2.63. The summed E-state index contributed by atoms with van der Waals surface area (Å²) in [5.41, 5.74) is 2.69. The lowest BCUT2D eigenvalue weighted by atomic mass is 9.97. The molecule has 0 aliphatic carbocycles. The molecule has 3 heteroatoms. The van der Waals surface area contributed by atoms with Crippen LogP contribution >= 0.6 is 0 Å². The molecule has 3 rings (SSSR count). The second-order valence-corrected chi connectivity index (χ2v) is 4.81. The summed E-state index contributed by atoms with van der Waals surface area (Å²) in [5.74, 6) is 0. The van der Waals surface area contributed by atoms with E-state index in [1.54, 1.807) is 0 Å². The zero-order valence-corrected chi connectivity index (χ0v) is 10.1. The van der Waals surface area contributed by atoms with Gasteiger partial charge in [-0.2, -0.15) is 0 Å². The third-order valence-electron chi connectivity index (χ3n) is 3.61. The average Bonchev–Trinajstić information content (AvgIpc) is 2.94. The van der Waals surface area contributed by atoms with Crippen LogP contribution in [0.25, 0.3) is 0 Å². The summed E-state index contributed by atoms with van der Waals surface area (Å²) < 4.78 is 0. The van der Waals surface area contributed by atoms with Gasteiger partial charge in [-0.1, -0.05) is 18.6 Å². The first kappa shape index (κ1) is 10.8. The highest BCUT2D eigenvalue weighted by molar-refractivity contribution is 5.81. The lowest BCUT2D eigenvalue weighted by molar-refractivity contribution is 0.412. The van der Waals surface area contributed by atoms with Crippen LogP contribution in [0.3, 0.4) is 0 Å². The molecule has 0 bridgehead atoms. The molecular formula is C14H19N3. The number of hydrogen-bond donors (Lipinski definition) is 1. The van der Waals surface area contributed by atoms with Gasteiger partial charge in [0.15, 0.2) is 0 Å². The van der Waals surface area contributed by atoms with Crippen LogP contribution in [-0.2, 0) is 0 Å². The van der Waals surface area contributed by atoms with Crippen LogP contribution in [0.1, 0.15) is 30.9 Å². The van der Waals surface area contributed by atoms with Crippen molar-refractivity contribution in [3.8, 4) is 0 Å². The van der Waals surface area contributed by atoms with Crippen molar-refractivity contribution in [3.05, 3.63) is 29.8 Å². The molecule has 0 aromatic heterocycles. The first-order valence-electron chi connectivity index (χ1n) is 6.53. The molecule has 1 N–H and O–H groups in total. The molecule has 2 aliphatic rings. The van der Waals surface area contributed by atoms with Crippen molar-refractivity contribution in [2.45, 2.75) is 25.3 Å². The summed E-state index contributed by atoms with van der Waals surface area (Å²) in [5, 5.41) is 3.60. The van der Waals surface area contributed by atoms with Gasteiger partial charge in [-0.25, -0.2) is 0 Å². The maximum Gasteiger partial charge on any atom is 0.0895 e. The average molecular weight is 229 g/mol. The molecule has 0 saturated carbocycles. The van der Waals surface area contributed by atoms with Crippen LogP contribution in [0.5, 0.6) is 0 Å². The Labute approximate surface area is 103 Å². The fraction of sp³-hybridized carbons (Fsp3) is 0.500. The predicted octanol–water partition coefficient (Wildman–Crippen LogP) is 2.35. The molecule has 1 aromatic carbocycles. The minimum Gasteiger partial charge on any atom is -0.331 e. The van der Waals surface area contributed by atoms with E-state index in [0.717, 1.165) is 19.6 Å². The van der Waals surface area contributed by atoms with Gasteiger partial charge in [-0.15, -0.1) is 0 Å². The summed E-state index contributed by atoms with van der Waals surface area (Å²) in [6.45, 7) is 3.09. The number of hydrogen-bond acceptors (Lipinski definition) is 3. The number of nitrogens with one attached hydrogen (secondary N) is 1. The molecule has 1 atom stereocenters. The van der Waals surface area contributed by atoms with Crippen LogP contribution in [0, 0.1) is 0 Å². The lowest BCUT2D eigenvalue weighted by Gasteiger charge is -2.25. The summed E-state index contributed by atoms with van der Waals surface area (Å²) >= 11 is 0. The predicted molar refractivity (Wildman–Crippen MR) is 71.7 cm³/mol. The molecule has 1 unspecified atom stereocenters. The standard InChI is InChI=1S/C14H19N3/c1-2-7-16-14(6-1)12-4-3-5-13(10-12)17-9-8-15-11-17/h3-5,10-11,14,16H,1-2,6-9H2. The SMILES string of the molecule is C1=NCCN1c1cccc(C2CCCCN2)c1. The fourth-order valence-corrected chi connectivity index (χ4v) is 2.63. The van der Waals surface area contributed by atoms with Gasteiger partial charge in [0.05, 0.1) is 12.9 Å². The lowest BCUT2D eigenvalue weighted by Crippen LogP contribution is -2.27. The summed E-state index contributed by atoms with van der Waals surface area (Å²) in [4.78, 5) is 6.50. The molecule has 1 saturated heterocycles. The van der Waals surface area contributed by atoms with E-state index in [4.69, 9.17) is 0 Å². The van der Waals surface area contributed by atoms with Gasteiger partial charge in [0.2, 0.25) is 0 Å². The Balaban J connectivity index is 1.80. The summed E-state index contributed by atoms with van der Waals surface area (Å²) in [6.07, 6.45) is 5.87. The third-order valence-corrected chi connectivity index (χ3v) is 3.61. The number of nitrogens with zero attached hydrogens (tertiary/aromatic N) is 2. The maximum absolute atomic E-state index is 4.27. The Morgan fingerprint density at radius 1 is 1.29 bits per heavy atom. The van der Waals surface area contributed by atoms with Gasteiger partial charge < -0.3 is 10.2 Å². The number of piperidine rings is 1. The Bertz CT molecular complexity index is 408. The normalized spacial score (nSPS) is 24.2. The molecule has 0 radical (unpaired) electrons. The molecule has 2 heterocycles. The molecule has 0 amide bonds. The molecule has 90 valence electrons. The number of anilines is 1. The van der Waals surface area contributed by atoms with Gasteiger partial charge in [0, 0.05) is 18.3 Å². The Morgan fingerprint density at radius 2 is 2.29 bits per heavy atom. The number of aliphatic imine (C=N–C) groups is 1. The second kappa shape index (κ2) is 4.88. The van der Waals surface area contributed by atoms with Crippen LogP contribution in [0.4, 0.5) is 5.69 Å². The molecule has 17 heavy (non-hydrogen) atoms. The van der Waals surface area contributed by atoms with Crippen LogP contribution in [0.15, 0.2) is 29.3 Å². The van der Waals surface area contributed by atoms with E-state index in [-0.39, 0.29) is 0 Å². The zero-order valence-electron chi connectivity index (χ0n) is 10.1. The smallest absolute Gasteiger partial charge is 0.0895 e. The quantitative estimate of drug-likeness (QED) is 0.843. The van der Waals surface area contributed by atoms with E-state index >= 15 is 0 Å². The minimum atomic E-state index is 0.545. The zero-order chi connectivity index (χ0) is 11.5. The molecular weight excluding hydrogens is 210 g/mol. The highest BCUT2D eigenvalue weighted by atomic mass is 15.2. The van der Waals surface area contributed by atoms with E-state index in [1.807, 2.05) is 6.34 Å². The van der Waals surface area contributed by atoms with Crippen LogP contribution in [-0.4, -0.2) is 26.0 Å². The first-order chi connectivity index (χ1) is 8.43. The van der Waals surface area contributed by atoms with Crippen LogP contribution < -0.4 is 10.2 Å². The van der Waals surface area contributed by atoms with Gasteiger partial charge in [-0.05, 0) is 37.1 Å². The van der Waals surface area contributed by atoms with Crippen molar-refractivity contribution >= 4 is 12.0 Å². The second-order valence-electron chi connectivity index (χ2n) is 4.81. The van der Waals surface area contributed by atoms with Gasteiger partial charge in [0.25, 0.3) is 0 Å². The molecule has 3 nitrogen and oxygen atoms in total. The Kier molecular flexibility index (Phi) is 3.10. The van der Waals surface area contributed by atoms with Gasteiger partial charge in [0.1, 0.15) is 0 Å². The van der Waals surface area contributed by atoms with Crippen molar-refractivity contribution < 1.29 is 0 Å². The monoisotopic (exact) mass is 229 g/mol. The van der Waals surface area contributed by atoms with Crippen molar-refractivity contribution in [2.24, 2.45) is 4.99 Å². The topological polar surface area (TPSA) is 27.6 Å². The molecule has 2 aliphatic heterocycles. The highest BCUT2D eigenvalue weighted by Gasteiger charge is 2.16. The molecule has 1 fully saturated rings. The first-order valence-corrected chi connectivity index (χ1v) is 6.53. The maximum atomic E-state index is 4.27. The Hall–Kier alpha value is -1.35. The third kappa shape index (κ3) is 2.34. The highest BCUT2D eigenvalue weighted by Crippen LogP contribution is 2.26. The van der Waals surface area contributed by atoms with Crippen molar-refractivity contribution in [1.82, 2.24) is 5.32 Å². The minimum absolute atomic E-state index is 0.545. The van der Waals surface area contributed by atoms with E-state index in [9.17, 15) is 0 Å². The van der Waals surface area contributed by atoms with Crippen LogP contribution in [0.2, 0.25) is 0 Å².